The van der Waals surface area contributed by atoms with Crippen LogP contribution in [0.2, 0.25) is 18.1 Å². The Morgan fingerprint density at radius 2 is 1.88 bits per heavy atom. The number of likely N-dealkylation sites (tertiary alicyclic amines) is 1. The maximum atomic E-state index is 12.7. The number of hydrogen-bond acceptors (Lipinski definition) is 4. The molecule has 0 radical (unpaired) electrons. The van der Waals surface area contributed by atoms with Crippen LogP contribution < -0.4 is 0 Å². The molecule has 1 amide bonds. The predicted octanol–water partition coefficient (Wildman–Crippen LogP) is 4.71. The Morgan fingerprint density at radius 1 is 1.32 bits per heavy atom. The summed E-state index contributed by atoms with van der Waals surface area (Å²) in [5, 5.41) is 9.59. The van der Waals surface area contributed by atoms with Gasteiger partial charge in [-0.3, -0.25) is 4.90 Å². The summed E-state index contributed by atoms with van der Waals surface area (Å²) in [5.41, 5.74) is -0.603. The van der Waals surface area contributed by atoms with Gasteiger partial charge in [0.05, 0.1) is 18.7 Å². The first-order valence-electron chi connectivity index (χ1n) is 8.91. The van der Waals surface area contributed by atoms with E-state index in [0.29, 0.717) is 13.0 Å². The van der Waals surface area contributed by atoms with Crippen LogP contribution in [0.3, 0.4) is 0 Å². The van der Waals surface area contributed by atoms with Crippen molar-refractivity contribution < 1.29 is 14.0 Å². The number of nitrogens with zero attached hydrogens (tertiary/aromatic N) is 2. The van der Waals surface area contributed by atoms with Gasteiger partial charge >= 0.3 is 6.09 Å². The molecule has 25 heavy (non-hydrogen) atoms. The number of rotatable bonds is 4. The fourth-order valence-corrected chi connectivity index (χ4v) is 3.65. The van der Waals surface area contributed by atoms with Crippen LogP contribution in [-0.2, 0) is 9.16 Å². The van der Waals surface area contributed by atoms with Crippen molar-refractivity contribution in [2.75, 3.05) is 6.61 Å². The molecule has 3 atom stereocenters. The summed E-state index contributed by atoms with van der Waals surface area (Å²) in [4.78, 5) is 14.3. The summed E-state index contributed by atoms with van der Waals surface area (Å²) >= 11 is 0. The fraction of sp³-hybridized carbons (Fsp3) is 0.789. The highest BCUT2D eigenvalue weighted by Gasteiger charge is 2.46. The van der Waals surface area contributed by atoms with Crippen molar-refractivity contribution in [1.82, 2.24) is 4.90 Å². The largest absolute Gasteiger partial charge is 0.444 e. The number of carbonyl (C=O) groups is 1. The van der Waals surface area contributed by atoms with Gasteiger partial charge in [-0.05, 0) is 45.3 Å². The highest BCUT2D eigenvalue weighted by Crippen LogP contribution is 2.38. The highest BCUT2D eigenvalue weighted by atomic mass is 28.4. The van der Waals surface area contributed by atoms with Crippen LogP contribution in [0.25, 0.3) is 0 Å². The molecule has 0 aromatic heterocycles. The minimum atomic E-state index is -1.95. The van der Waals surface area contributed by atoms with Gasteiger partial charge in [0.15, 0.2) is 8.32 Å². The van der Waals surface area contributed by atoms with E-state index in [1.165, 1.54) is 0 Å². The van der Waals surface area contributed by atoms with Crippen molar-refractivity contribution in [1.29, 1.82) is 5.26 Å². The highest BCUT2D eigenvalue weighted by molar-refractivity contribution is 6.74. The van der Waals surface area contributed by atoms with Gasteiger partial charge in [0.2, 0.25) is 0 Å². The molecule has 1 saturated heterocycles. The number of ether oxygens (including phenoxy) is 1. The minimum absolute atomic E-state index is 0.0296. The third-order valence-electron chi connectivity index (χ3n) is 5.16. The van der Waals surface area contributed by atoms with Gasteiger partial charge in [0.1, 0.15) is 11.6 Å². The molecule has 0 aromatic carbocycles. The van der Waals surface area contributed by atoms with Crippen molar-refractivity contribution in [3.8, 4) is 6.07 Å². The Morgan fingerprint density at radius 3 is 2.28 bits per heavy atom. The lowest BCUT2D eigenvalue weighted by molar-refractivity contribution is 0.0122. The van der Waals surface area contributed by atoms with E-state index in [4.69, 9.17) is 9.16 Å². The second-order valence-corrected chi connectivity index (χ2v) is 14.1. The summed E-state index contributed by atoms with van der Waals surface area (Å²) in [6.07, 6.45) is 1.95. The van der Waals surface area contributed by atoms with Crippen molar-refractivity contribution in [3.05, 3.63) is 12.7 Å². The van der Waals surface area contributed by atoms with Crippen molar-refractivity contribution >= 4 is 14.4 Å². The Kier molecular flexibility index (Phi) is 6.52. The molecule has 0 N–H and O–H groups in total. The van der Waals surface area contributed by atoms with E-state index in [1.54, 1.807) is 4.90 Å². The average molecular weight is 367 g/mol. The van der Waals surface area contributed by atoms with Crippen LogP contribution in [0.4, 0.5) is 4.79 Å². The lowest BCUT2D eigenvalue weighted by Gasteiger charge is -2.39. The SMILES string of the molecule is C=C[C@@H]1C[C@H](C#N)N(C(=O)OC(C)(C)C)[C@H]1CO[Si](C)(C)C(C)(C)C. The summed E-state index contributed by atoms with van der Waals surface area (Å²) in [6.45, 7) is 20.7. The molecule has 0 bridgehead atoms. The Labute approximate surface area is 154 Å². The first-order valence-corrected chi connectivity index (χ1v) is 11.8. The zero-order valence-electron chi connectivity index (χ0n) is 17.0. The molecule has 6 heteroatoms. The van der Waals surface area contributed by atoms with Gasteiger partial charge in [-0.25, -0.2) is 4.79 Å². The second-order valence-electron chi connectivity index (χ2n) is 9.31. The van der Waals surface area contributed by atoms with Crippen LogP contribution in [0.15, 0.2) is 12.7 Å². The smallest absolute Gasteiger partial charge is 0.411 e. The molecule has 0 saturated carbocycles. The zero-order valence-corrected chi connectivity index (χ0v) is 18.0. The van der Waals surface area contributed by atoms with Crippen molar-refractivity contribution in [2.45, 2.75) is 83.8 Å². The van der Waals surface area contributed by atoms with E-state index in [9.17, 15) is 10.1 Å². The Bertz CT molecular complexity index is 540. The maximum Gasteiger partial charge on any atom is 0.411 e. The Hall–Kier alpha value is -1.32. The first-order chi connectivity index (χ1) is 11.2. The number of hydrogen-bond donors (Lipinski definition) is 0. The van der Waals surface area contributed by atoms with Gasteiger partial charge in [-0.1, -0.05) is 26.8 Å². The van der Waals surface area contributed by atoms with E-state index in [0.717, 1.165) is 0 Å². The van der Waals surface area contributed by atoms with Gasteiger partial charge in [0, 0.05) is 5.92 Å². The van der Waals surface area contributed by atoms with Gasteiger partial charge in [-0.2, -0.15) is 5.26 Å². The molecular weight excluding hydrogens is 332 g/mol. The lowest BCUT2D eigenvalue weighted by atomic mass is 10.0. The van der Waals surface area contributed by atoms with E-state index < -0.39 is 26.1 Å². The predicted molar refractivity (Wildman–Crippen MR) is 103 cm³/mol. The summed E-state index contributed by atoms with van der Waals surface area (Å²) in [7, 11) is -1.95. The quantitative estimate of drug-likeness (QED) is 0.534. The summed E-state index contributed by atoms with van der Waals surface area (Å²) in [6, 6.07) is 1.51. The molecule has 0 spiro atoms. The average Bonchev–Trinajstić information content (AvgIpc) is 2.79. The lowest BCUT2D eigenvalue weighted by Crippen LogP contribution is -2.49. The molecule has 0 unspecified atom stereocenters. The van der Waals surface area contributed by atoms with Gasteiger partial charge in [0.25, 0.3) is 0 Å². The normalized spacial score (nSPS) is 24.8. The van der Waals surface area contributed by atoms with Crippen molar-refractivity contribution in [3.63, 3.8) is 0 Å². The topological polar surface area (TPSA) is 62.6 Å². The Balaban J connectivity index is 3.03. The van der Waals surface area contributed by atoms with Gasteiger partial charge < -0.3 is 9.16 Å². The van der Waals surface area contributed by atoms with E-state index in [1.807, 2.05) is 26.8 Å². The molecule has 5 nitrogen and oxygen atoms in total. The number of amides is 1. The number of nitriles is 1. The fourth-order valence-electron chi connectivity index (χ4n) is 2.63. The maximum absolute atomic E-state index is 12.7. The van der Waals surface area contributed by atoms with Crippen LogP contribution in [0.1, 0.15) is 48.0 Å². The van der Waals surface area contributed by atoms with E-state index in [2.05, 4.69) is 46.5 Å². The molecule has 1 heterocycles. The molecule has 0 aromatic rings. The molecule has 1 rings (SSSR count). The standard InChI is InChI=1S/C19H34N2O3Si/c1-10-14-11-15(12-20)21(17(22)24-18(2,3)4)16(14)13-23-25(8,9)19(5,6)7/h10,14-16H,1,11,13H2,2-9H3/t14-,15-,16+/m1/s1. The minimum Gasteiger partial charge on any atom is -0.444 e. The zero-order chi connectivity index (χ0) is 19.6. The molecular formula is C19H34N2O3Si. The van der Waals surface area contributed by atoms with Crippen molar-refractivity contribution in [2.24, 2.45) is 5.92 Å². The van der Waals surface area contributed by atoms with E-state index >= 15 is 0 Å². The molecule has 0 aliphatic carbocycles. The summed E-state index contributed by atoms with van der Waals surface area (Å²) < 4.78 is 11.9. The van der Waals surface area contributed by atoms with E-state index in [-0.39, 0.29) is 17.0 Å². The molecule has 1 fully saturated rings. The summed E-state index contributed by atoms with van der Waals surface area (Å²) in [5.74, 6) is 0.0296. The molecule has 1 aliphatic heterocycles. The molecule has 142 valence electrons. The third kappa shape index (κ3) is 5.32. The third-order valence-corrected chi connectivity index (χ3v) is 9.66. The monoisotopic (exact) mass is 366 g/mol. The van der Waals surface area contributed by atoms with Crippen LogP contribution in [0.5, 0.6) is 0 Å². The number of carbonyl (C=O) groups excluding carboxylic acids is 1. The first kappa shape index (κ1) is 21.7. The van der Waals surface area contributed by atoms with Gasteiger partial charge in [-0.15, -0.1) is 6.58 Å². The van der Waals surface area contributed by atoms with Crippen LogP contribution in [-0.4, -0.2) is 43.6 Å². The van der Waals surface area contributed by atoms with Crippen LogP contribution in [0, 0.1) is 17.2 Å². The van der Waals surface area contributed by atoms with Crippen LogP contribution >= 0.6 is 0 Å². The molecule has 1 aliphatic rings. The second kappa shape index (κ2) is 7.51.